The first-order valence-electron chi connectivity index (χ1n) is 9.02. The highest BCUT2D eigenvalue weighted by Gasteiger charge is 2.33. The number of rotatable bonds is 4. The molecule has 2 aromatic rings. The van der Waals surface area contributed by atoms with Gasteiger partial charge in [-0.1, -0.05) is 11.6 Å². The van der Waals surface area contributed by atoms with Gasteiger partial charge in [0, 0.05) is 31.2 Å². The lowest BCUT2D eigenvalue weighted by molar-refractivity contribution is 0.0694. The van der Waals surface area contributed by atoms with Crippen LogP contribution in [0.3, 0.4) is 0 Å². The van der Waals surface area contributed by atoms with Gasteiger partial charge in [-0.2, -0.15) is 0 Å². The quantitative estimate of drug-likeness (QED) is 0.832. The van der Waals surface area contributed by atoms with E-state index in [9.17, 15) is 24.2 Å². The molecule has 2 atom stereocenters. The number of aliphatic hydroxyl groups is 1. The highest BCUT2D eigenvalue weighted by molar-refractivity contribution is 6.38. The maximum atomic E-state index is 14.9. The number of anilines is 1. The van der Waals surface area contributed by atoms with Gasteiger partial charge in [0.1, 0.15) is 11.4 Å². The van der Waals surface area contributed by atoms with Crippen LogP contribution in [0, 0.1) is 11.7 Å². The average Bonchev–Trinajstić information content (AvgIpc) is 3.32. The lowest BCUT2D eigenvalue weighted by Crippen LogP contribution is -2.26. The van der Waals surface area contributed by atoms with Crippen LogP contribution in [0.2, 0.25) is 5.02 Å². The smallest absolute Gasteiger partial charge is 0.341 e. The van der Waals surface area contributed by atoms with Crippen LogP contribution in [0.1, 0.15) is 42.6 Å². The molecular formula is C19H20ClFN2O4. The number of aromatic carboxylic acids is 1. The number of halogens is 2. The first-order chi connectivity index (χ1) is 12.8. The number of aliphatic hydroxyl groups excluding tert-OH is 1. The van der Waals surface area contributed by atoms with Crippen LogP contribution < -0.4 is 10.3 Å². The van der Waals surface area contributed by atoms with E-state index in [0.717, 1.165) is 25.3 Å². The molecule has 1 aliphatic heterocycles. The molecule has 1 aromatic heterocycles. The molecule has 1 aliphatic carbocycles. The number of nitrogens with zero attached hydrogens (tertiary/aromatic N) is 2. The van der Waals surface area contributed by atoms with Gasteiger partial charge in [0.15, 0.2) is 0 Å². The number of carbonyl (C=O) groups is 1. The number of pyridine rings is 1. The summed E-state index contributed by atoms with van der Waals surface area (Å²) in [4.78, 5) is 25.8. The second-order valence-electron chi connectivity index (χ2n) is 7.47. The van der Waals surface area contributed by atoms with Gasteiger partial charge in [0.25, 0.3) is 0 Å². The monoisotopic (exact) mass is 394 g/mol. The summed E-state index contributed by atoms with van der Waals surface area (Å²) in [6, 6.07) is 1.16. The van der Waals surface area contributed by atoms with Crippen molar-refractivity contribution in [3.63, 3.8) is 0 Å². The summed E-state index contributed by atoms with van der Waals surface area (Å²) in [6.45, 7) is 2.74. The van der Waals surface area contributed by atoms with Crippen LogP contribution in [0.25, 0.3) is 10.9 Å². The summed E-state index contributed by atoms with van der Waals surface area (Å²) >= 11 is 6.58. The molecule has 6 nitrogen and oxygen atoms in total. The van der Waals surface area contributed by atoms with Gasteiger partial charge < -0.3 is 19.7 Å². The molecule has 144 valence electrons. The van der Waals surface area contributed by atoms with Gasteiger partial charge in [-0.3, -0.25) is 4.79 Å². The van der Waals surface area contributed by atoms with E-state index in [1.807, 2.05) is 0 Å². The minimum atomic E-state index is -1.34. The lowest BCUT2D eigenvalue weighted by Gasteiger charge is -2.24. The molecule has 1 saturated carbocycles. The van der Waals surface area contributed by atoms with E-state index < -0.39 is 23.3 Å². The molecule has 0 amide bonds. The van der Waals surface area contributed by atoms with Gasteiger partial charge in [-0.15, -0.1) is 0 Å². The molecule has 2 aliphatic rings. The standard InChI is InChI=1S/C19H20ClFN2O4/c1-9(24)10-4-5-22(7-10)17-14(21)6-12-16(15(17)20)23(11-2-3-11)8-13(18(12)25)19(26)27/h6,8-11,24H,2-5,7H2,1H3,(H,26,27). The second kappa shape index (κ2) is 6.49. The van der Waals surface area contributed by atoms with E-state index in [1.54, 1.807) is 16.4 Å². The fraction of sp³-hybridized carbons (Fsp3) is 0.474. The Morgan fingerprint density at radius 3 is 2.63 bits per heavy atom. The Morgan fingerprint density at radius 2 is 2.07 bits per heavy atom. The molecule has 27 heavy (non-hydrogen) atoms. The van der Waals surface area contributed by atoms with Crippen molar-refractivity contribution in [3.05, 3.63) is 38.9 Å². The lowest BCUT2D eigenvalue weighted by atomic mass is 10.0. The topological polar surface area (TPSA) is 82.8 Å². The van der Waals surface area contributed by atoms with Crippen LogP contribution in [-0.4, -0.2) is 39.9 Å². The third-order valence-corrected chi connectivity index (χ3v) is 5.94. The van der Waals surface area contributed by atoms with Crippen molar-refractivity contribution in [2.45, 2.75) is 38.3 Å². The van der Waals surface area contributed by atoms with E-state index in [0.29, 0.717) is 18.6 Å². The van der Waals surface area contributed by atoms with Crippen LogP contribution >= 0.6 is 11.6 Å². The minimum Gasteiger partial charge on any atom is -0.477 e. The van der Waals surface area contributed by atoms with Gasteiger partial charge in [0.2, 0.25) is 5.43 Å². The second-order valence-corrected chi connectivity index (χ2v) is 7.85. The number of benzene rings is 1. The number of fused-ring (bicyclic) bond motifs is 1. The molecule has 0 radical (unpaired) electrons. The molecule has 2 fully saturated rings. The maximum absolute atomic E-state index is 14.9. The Balaban J connectivity index is 1.94. The Hall–Kier alpha value is -2.12. The average molecular weight is 395 g/mol. The molecule has 1 saturated heterocycles. The van der Waals surface area contributed by atoms with Crippen molar-refractivity contribution >= 4 is 34.2 Å². The molecular weight excluding hydrogens is 375 g/mol. The van der Waals surface area contributed by atoms with Crippen molar-refractivity contribution in [2.24, 2.45) is 5.92 Å². The molecule has 2 unspecified atom stereocenters. The van der Waals surface area contributed by atoms with Crippen molar-refractivity contribution in [3.8, 4) is 0 Å². The van der Waals surface area contributed by atoms with Gasteiger partial charge >= 0.3 is 5.97 Å². The highest BCUT2D eigenvalue weighted by Crippen LogP contribution is 2.43. The molecule has 1 aromatic carbocycles. The summed E-state index contributed by atoms with van der Waals surface area (Å²) in [7, 11) is 0. The van der Waals surface area contributed by atoms with Crippen LogP contribution in [-0.2, 0) is 0 Å². The summed E-state index contributed by atoms with van der Waals surface area (Å²) in [5.74, 6) is -1.96. The minimum absolute atomic E-state index is 0.0145. The van der Waals surface area contributed by atoms with Crippen molar-refractivity contribution in [2.75, 3.05) is 18.0 Å². The van der Waals surface area contributed by atoms with Gasteiger partial charge in [0.05, 0.1) is 27.7 Å². The van der Waals surface area contributed by atoms with E-state index in [1.165, 1.54) is 6.20 Å². The van der Waals surface area contributed by atoms with E-state index in [-0.39, 0.29) is 33.6 Å². The molecule has 4 rings (SSSR count). The first kappa shape index (κ1) is 18.3. The zero-order valence-corrected chi connectivity index (χ0v) is 15.5. The first-order valence-corrected chi connectivity index (χ1v) is 9.40. The summed E-state index contributed by atoms with van der Waals surface area (Å²) < 4.78 is 16.6. The molecule has 0 bridgehead atoms. The fourth-order valence-corrected chi connectivity index (χ4v) is 4.31. The third kappa shape index (κ3) is 2.99. The molecule has 8 heteroatoms. The maximum Gasteiger partial charge on any atom is 0.341 e. The van der Waals surface area contributed by atoms with E-state index >= 15 is 0 Å². The predicted molar refractivity (Wildman–Crippen MR) is 100 cm³/mol. The fourth-order valence-electron chi connectivity index (χ4n) is 3.90. The molecule has 0 spiro atoms. The Bertz CT molecular complexity index is 1000. The van der Waals surface area contributed by atoms with Gasteiger partial charge in [-0.25, -0.2) is 9.18 Å². The number of aromatic nitrogens is 1. The van der Waals surface area contributed by atoms with E-state index in [4.69, 9.17) is 11.6 Å². The predicted octanol–water partition coefficient (Wildman–Crippen LogP) is 3.03. The molecule has 2 heterocycles. The van der Waals surface area contributed by atoms with Crippen LogP contribution in [0.5, 0.6) is 0 Å². The largest absolute Gasteiger partial charge is 0.477 e. The number of carboxylic acids is 1. The van der Waals surface area contributed by atoms with E-state index in [2.05, 4.69) is 0 Å². The van der Waals surface area contributed by atoms with Crippen LogP contribution in [0.15, 0.2) is 17.1 Å². The zero-order valence-electron chi connectivity index (χ0n) is 14.8. The Labute approximate surface area is 159 Å². The third-order valence-electron chi connectivity index (χ3n) is 5.58. The molecule has 2 N–H and O–H groups in total. The van der Waals surface area contributed by atoms with Crippen molar-refractivity contribution < 1.29 is 19.4 Å². The van der Waals surface area contributed by atoms with Crippen LogP contribution in [0.4, 0.5) is 10.1 Å². The number of hydrogen-bond acceptors (Lipinski definition) is 4. The van der Waals surface area contributed by atoms with Gasteiger partial charge in [-0.05, 0) is 32.3 Å². The summed E-state index contributed by atoms with van der Waals surface area (Å²) in [6.07, 6.45) is 3.25. The summed E-state index contributed by atoms with van der Waals surface area (Å²) in [5.41, 5.74) is -0.520. The summed E-state index contributed by atoms with van der Waals surface area (Å²) in [5, 5.41) is 19.3. The SMILES string of the molecule is CC(O)C1CCN(c2c(F)cc3c(=O)c(C(=O)O)cn(C4CC4)c3c2Cl)C1. The Kier molecular flexibility index (Phi) is 4.39. The van der Waals surface area contributed by atoms with Crippen molar-refractivity contribution in [1.29, 1.82) is 0 Å². The van der Waals surface area contributed by atoms with Crippen molar-refractivity contribution in [1.82, 2.24) is 4.57 Å². The Morgan fingerprint density at radius 1 is 1.37 bits per heavy atom. The normalized spacial score (nSPS) is 21.0. The zero-order chi connectivity index (χ0) is 19.5. The number of hydrogen-bond donors (Lipinski definition) is 2. The highest BCUT2D eigenvalue weighted by atomic mass is 35.5. The number of carboxylic acid groups (broad SMARTS) is 1.